The second kappa shape index (κ2) is 15.8. The number of hydrogen-bond acceptors (Lipinski definition) is 3. The van der Waals surface area contributed by atoms with E-state index < -0.39 is 0 Å². The lowest BCUT2D eigenvalue weighted by Crippen LogP contribution is -2.39. The van der Waals surface area contributed by atoms with Gasteiger partial charge in [0, 0.05) is 60.1 Å². The number of aromatic nitrogens is 1. The van der Waals surface area contributed by atoms with E-state index in [2.05, 4.69) is 149 Å². The topological polar surface area (TPSA) is 41.7 Å². The lowest BCUT2D eigenvalue weighted by atomic mass is 9.79. The van der Waals surface area contributed by atoms with Crippen LogP contribution in [0.5, 0.6) is 0 Å². The molecule has 256 valence electrons. The van der Waals surface area contributed by atoms with E-state index in [0.29, 0.717) is 0 Å². The fourth-order valence-electron chi connectivity index (χ4n) is 6.79. The van der Waals surface area contributed by atoms with Crippen LogP contribution < -0.4 is 15.9 Å². The summed E-state index contributed by atoms with van der Waals surface area (Å²) in [5, 5.41) is 6.43. The summed E-state index contributed by atoms with van der Waals surface area (Å²) in [6.45, 7) is 21.6. The highest BCUT2D eigenvalue weighted by Gasteiger charge is 2.29. The molecule has 1 aromatic heterocycles. The molecule has 1 unspecified atom stereocenters. The Bertz CT molecular complexity index is 1970. The molecule has 0 bridgehead atoms. The summed E-state index contributed by atoms with van der Waals surface area (Å²) >= 11 is 0. The number of aryl methyl sites for hydroxylation is 5. The van der Waals surface area contributed by atoms with Crippen LogP contribution in [0.1, 0.15) is 84.7 Å². The van der Waals surface area contributed by atoms with Crippen molar-refractivity contribution in [3.05, 3.63) is 134 Å². The zero-order valence-corrected chi connectivity index (χ0v) is 31.2. The molecule has 4 aromatic rings. The van der Waals surface area contributed by atoms with E-state index in [1.54, 1.807) is 0 Å². The molecule has 1 aliphatic rings. The predicted octanol–water partition coefficient (Wildman–Crippen LogP) is 8.99. The third-order valence-electron chi connectivity index (χ3n) is 10.3. The first kappa shape index (κ1) is 35.9. The van der Waals surface area contributed by atoms with Crippen LogP contribution in [0.2, 0.25) is 0 Å². The van der Waals surface area contributed by atoms with Gasteiger partial charge >= 0.3 is 0 Å². The molecule has 4 nitrogen and oxygen atoms in total. The van der Waals surface area contributed by atoms with Gasteiger partial charge in [-0.2, -0.15) is 0 Å². The molecule has 0 aliphatic heterocycles. The Morgan fingerprint density at radius 1 is 0.816 bits per heavy atom. The monoisotopic (exact) mass is 652 g/mol. The first-order chi connectivity index (χ1) is 23.5. The van der Waals surface area contributed by atoms with Gasteiger partial charge in [-0.25, -0.2) is 0 Å². The van der Waals surface area contributed by atoms with Crippen molar-refractivity contribution in [3.8, 4) is 0 Å². The van der Waals surface area contributed by atoms with Gasteiger partial charge in [0.05, 0.1) is 5.69 Å². The largest absolute Gasteiger partial charge is 0.384 e. The van der Waals surface area contributed by atoms with Gasteiger partial charge in [-0.05, 0) is 113 Å². The summed E-state index contributed by atoms with van der Waals surface area (Å²) in [7, 11) is 1.90. The molecule has 1 N–H and O–H groups in total. The number of benzene rings is 3. The average molecular weight is 653 g/mol. The van der Waals surface area contributed by atoms with Crippen molar-refractivity contribution >= 4 is 29.3 Å². The van der Waals surface area contributed by atoms with Gasteiger partial charge < -0.3 is 9.88 Å². The maximum Gasteiger partial charge on any atom is 0.0660 e. The molecule has 4 heteroatoms. The lowest BCUT2D eigenvalue weighted by Gasteiger charge is -2.30. The Labute approximate surface area is 295 Å². The summed E-state index contributed by atoms with van der Waals surface area (Å²) in [6.07, 6.45) is 10.7. The average Bonchev–Trinajstić information content (AvgIpc) is 3.37. The van der Waals surface area contributed by atoms with Gasteiger partial charge in [0.15, 0.2) is 0 Å². The zero-order chi connectivity index (χ0) is 35.1. The van der Waals surface area contributed by atoms with Crippen LogP contribution in [0.3, 0.4) is 0 Å². The summed E-state index contributed by atoms with van der Waals surface area (Å²) in [6, 6.07) is 24.3. The second-order valence-electron chi connectivity index (χ2n) is 14.5. The molecule has 5 rings (SSSR count). The SMILES string of the molecule is C=C(NCc1ccc(C)cc1)C1(C)C=c2c(CCc3ccc(C)cc3)c(CCC(C)=Nc3cc(C)ccc3C)n(CCC(C)=NC)c2=CC1. The van der Waals surface area contributed by atoms with Crippen LogP contribution in [0.4, 0.5) is 5.69 Å². The van der Waals surface area contributed by atoms with Crippen molar-refractivity contribution in [2.75, 3.05) is 7.05 Å². The van der Waals surface area contributed by atoms with E-state index in [0.717, 1.165) is 63.0 Å². The first-order valence-corrected chi connectivity index (χ1v) is 18.0. The summed E-state index contributed by atoms with van der Waals surface area (Å²) in [4.78, 5) is 9.63. The minimum atomic E-state index is -0.194. The first-order valence-electron chi connectivity index (χ1n) is 18.0. The summed E-state index contributed by atoms with van der Waals surface area (Å²) < 4.78 is 2.61. The Balaban J connectivity index is 1.54. The Kier molecular flexibility index (Phi) is 11.6. The fraction of sp³-hybridized carbons (Fsp3) is 0.378. The number of aliphatic imine (C=N–C) groups is 2. The minimum absolute atomic E-state index is 0.194. The van der Waals surface area contributed by atoms with Gasteiger partial charge in [0.1, 0.15) is 0 Å². The molecule has 1 atom stereocenters. The Morgan fingerprint density at radius 3 is 2.14 bits per heavy atom. The fourth-order valence-corrected chi connectivity index (χ4v) is 6.79. The third kappa shape index (κ3) is 8.97. The molecule has 3 aromatic carbocycles. The van der Waals surface area contributed by atoms with E-state index in [1.807, 2.05) is 7.05 Å². The van der Waals surface area contributed by atoms with E-state index in [-0.39, 0.29) is 5.41 Å². The highest BCUT2D eigenvalue weighted by molar-refractivity contribution is 5.85. The number of hydrogen-bond donors (Lipinski definition) is 1. The molecule has 0 amide bonds. The van der Waals surface area contributed by atoms with Gasteiger partial charge in [-0.1, -0.05) is 97.4 Å². The molecule has 1 aliphatic carbocycles. The normalized spacial score (nSPS) is 16.2. The maximum absolute atomic E-state index is 5.11. The van der Waals surface area contributed by atoms with Crippen molar-refractivity contribution in [2.45, 2.75) is 100 Å². The van der Waals surface area contributed by atoms with E-state index in [9.17, 15) is 0 Å². The summed E-state index contributed by atoms with van der Waals surface area (Å²) in [5.74, 6) is 0. The number of nitrogens with zero attached hydrogens (tertiary/aromatic N) is 3. The molecule has 0 fully saturated rings. The standard InChI is InChI=1S/C45H56N4/c1-31-11-17-38(18-12-31)21-22-40-41-29-45(8,37(7)47-30-39-19-13-32(2)14-20-39)26-24-44(41)49(27-25-35(5)46-9)43(40)23-16-36(6)48-42-28-33(3)10-15-34(42)4/h10-15,17-20,24,28-29,47H,7,16,21-23,25-27,30H2,1-6,8-9H3. The molecule has 0 saturated carbocycles. The van der Waals surface area contributed by atoms with E-state index in [4.69, 9.17) is 4.99 Å². The molecular formula is C45H56N4. The van der Waals surface area contributed by atoms with Crippen LogP contribution >= 0.6 is 0 Å². The molecule has 0 radical (unpaired) electrons. The van der Waals surface area contributed by atoms with Crippen molar-refractivity contribution in [3.63, 3.8) is 0 Å². The smallest absolute Gasteiger partial charge is 0.0660 e. The van der Waals surface area contributed by atoms with Crippen LogP contribution in [-0.4, -0.2) is 23.0 Å². The van der Waals surface area contributed by atoms with Crippen molar-refractivity contribution in [2.24, 2.45) is 15.4 Å². The van der Waals surface area contributed by atoms with Gasteiger partial charge in [-0.3, -0.25) is 9.98 Å². The molecule has 1 heterocycles. The minimum Gasteiger partial charge on any atom is -0.384 e. The molecule has 0 saturated heterocycles. The van der Waals surface area contributed by atoms with E-state index in [1.165, 1.54) is 66.6 Å². The number of rotatable bonds is 14. The highest BCUT2D eigenvalue weighted by atomic mass is 15.0. The lowest BCUT2D eigenvalue weighted by molar-refractivity contribution is 0.513. The van der Waals surface area contributed by atoms with Crippen molar-refractivity contribution in [1.82, 2.24) is 9.88 Å². The maximum atomic E-state index is 5.11. The number of allylic oxidation sites excluding steroid dienone is 1. The van der Waals surface area contributed by atoms with Gasteiger partial charge in [0.2, 0.25) is 0 Å². The van der Waals surface area contributed by atoms with Gasteiger partial charge in [0.25, 0.3) is 0 Å². The van der Waals surface area contributed by atoms with Crippen LogP contribution in [0.15, 0.2) is 89.0 Å². The van der Waals surface area contributed by atoms with Crippen LogP contribution in [0, 0.1) is 33.1 Å². The van der Waals surface area contributed by atoms with E-state index >= 15 is 0 Å². The van der Waals surface area contributed by atoms with Gasteiger partial charge in [-0.15, -0.1) is 0 Å². The molecular weight excluding hydrogens is 597 g/mol. The van der Waals surface area contributed by atoms with Crippen LogP contribution in [0.25, 0.3) is 12.2 Å². The zero-order valence-electron chi connectivity index (χ0n) is 31.2. The Morgan fingerprint density at radius 2 is 1.47 bits per heavy atom. The quantitative estimate of drug-likeness (QED) is 0.136. The second-order valence-corrected chi connectivity index (χ2v) is 14.5. The summed E-state index contributed by atoms with van der Waals surface area (Å²) in [5.41, 5.74) is 14.9. The predicted molar refractivity (Wildman–Crippen MR) is 212 cm³/mol. The van der Waals surface area contributed by atoms with Crippen molar-refractivity contribution < 1.29 is 0 Å². The third-order valence-corrected chi connectivity index (χ3v) is 10.3. The highest BCUT2D eigenvalue weighted by Crippen LogP contribution is 2.33. The molecule has 49 heavy (non-hydrogen) atoms. The molecule has 0 spiro atoms. The number of nitrogens with one attached hydrogen (secondary N) is 1. The Hall–Kier alpha value is -4.44. The number of fused-ring (bicyclic) bond motifs is 1. The van der Waals surface area contributed by atoms with Crippen molar-refractivity contribution in [1.29, 1.82) is 0 Å². The van der Waals surface area contributed by atoms with Crippen LogP contribution in [-0.2, 0) is 32.4 Å².